The molecule has 3 aliphatic rings. The first-order chi connectivity index (χ1) is 13.1. The van der Waals surface area contributed by atoms with Crippen molar-refractivity contribution < 1.29 is 19.2 Å². The topological polar surface area (TPSA) is 74.8 Å². The fourth-order valence-electron chi connectivity index (χ4n) is 4.06. The average molecular weight is 358 g/mol. The predicted octanol–water partition coefficient (Wildman–Crippen LogP) is 2.28. The third kappa shape index (κ3) is 2.07. The van der Waals surface area contributed by atoms with E-state index < -0.39 is 12.1 Å². The van der Waals surface area contributed by atoms with Crippen LogP contribution in [0.15, 0.2) is 60.7 Å². The standard InChI is InChI=1S/C21H14N2O4/c24-18-14-5-1-2-6-15(14)19(25)22(18)12-9-10-13(11-12)23-20(26)16-7-3-4-8-17(16)21(23)27/h1-10,12-13H,11H2/t12-,13-/m0/s1. The van der Waals surface area contributed by atoms with Gasteiger partial charge in [0.2, 0.25) is 0 Å². The summed E-state index contributed by atoms with van der Waals surface area (Å²) >= 11 is 0. The van der Waals surface area contributed by atoms with Crippen LogP contribution in [0, 0.1) is 0 Å². The molecule has 6 heteroatoms. The zero-order chi connectivity index (χ0) is 18.7. The maximum atomic E-state index is 12.7. The minimum atomic E-state index is -0.480. The molecule has 2 aromatic rings. The highest BCUT2D eigenvalue weighted by atomic mass is 16.2. The SMILES string of the molecule is O=C1c2ccccc2C(=O)N1[C@H]1C=C[C@H](N2C(=O)c3ccccc3C2=O)C1. The van der Waals surface area contributed by atoms with Gasteiger partial charge in [-0.2, -0.15) is 0 Å². The molecule has 0 spiro atoms. The summed E-state index contributed by atoms with van der Waals surface area (Å²) in [6.07, 6.45) is 3.78. The van der Waals surface area contributed by atoms with Crippen LogP contribution in [-0.2, 0) is 0 Å². The predicted molar refractivity (Wildman–Crippen MR) is 95.2 cm³/mol. The molecule has 27 heavy (non-hydrogen) atoms. The third-order valence-electron chi connectivity index (χ3n) is 5.35. The van der Waals surface area contributed by atoms with E-state index in [2.05, 4.69) is 0 Å². The van der Waals surface area contributed by atoms with Gasteiger partial charge < -0.3 is 0 Å². The molecule has 4 amide bonds. The van der Waals surface area contributed by atoms with Crippen molar-refractivity contribution in [3.63, 3.8) is 0 Å². The normalized spacial score (nSPS) is 23.4. The Morgan fingerprint density at radius 1 is 0.556 bits per heavy atom. The summed E-state index contributed by atoms with van der Waals surface area (Å²) in [6.45, 7) is 0. The highest BCUT2D eigenvalue weighted by Gasteiger charge is 2.45. The van der Waals surface area contributed by atoms with Crippen LogP contribution in [0.25, 0.3) is 0 Å². The zero-order valence-corrected chi connectivity index (χ0v) is 14.2. The maximum absolute atomic E-state index is 12.7. The fraction of sp³-hybridized carbons (Fsp3) is 0.143. The summed E-state index contributed by atoms with van der Waals surface area (Å²) in [4.78, 5) is 53.1. The van der Waals surface area contributed by atoms with E-state index in [1.807, 2.05) is 0 Å². The van der Waals surface area contributed by atoms with Gasteiger partial charge in [0.15, 0.2) is 0 Å². The van der Waals surface area contributed by atoms with Gasteiger partial charge in [-0.3, -0.25) is 29.0 Å². The van der Waals surface area contributed by atoms with Crippen molar-refractivity contribution >= 4 is 23.6 Å². The van der Waals surface area contributed by atoms with Crippen molar-refractivity contribution in [3.05, 3.63) is 82.9 Å². The first-order valence-electron chi connectivity index (χ1n) is 8.70. The molecule has 1 aliphatic carbocycles. The van der Waals surface area contributed by atoms with Gasteiger partial charge in [-0.1, -0.05) is 36.4 Å². The highest BCUT2D eigenvalue weighted by Crippen LogP contribution is 2.33. The number of rotatable bonds is 2. The first kappa shape index (κ1) is 15.7. The second kappa shape index (κ2) is 5.48. The second-order valence-corrected chi connectivity index (χ2v) is 6.81. The number of fused-ring (bicyclic) bond motifs is 2. The molecule has 0 saturated carbocycles. The summed E-state index contributed by atoms with van der Waals surface area (Å²) in [5.74, 6) is -1.36. The molecule has 0 fully saturated rings. The van der Waals surface area contributed by atoms with Crippen molar-refractivity contribution in [2.24, 2.45) is 0 Å². The van der Waals surface area contributed by atoms with Gasteiger partial charge in [0.25, 0.3) is 23.6 Å². The lowest BCUT2D eigenvalue weighted by atomic mass is 10.1. The molecule has 132 valence electrons. The Kier molecular flexibility index (Phi) is 3.18. The number of hydrogen-bond acceptors (Lipinski definition) is 4. The van der Waals surface area contributed by atoms with Crippen LogP contribution in [0.5, 0.6) is 0 Å². The molecule has 5 rings (SSSR count). The minimum absolute atomic E-state index is 0.316. The van der Waals surface area contributed by atoms with Crippen LogP contribution < -0.4 is 0 Å². The van der Waals surface area contributed by atoms with Gasteiger partial charge in [0.1, 0.15) is 0 Å². The molecule has 2 aromatic carbocycles. The van der Waals surface area contributed by atoms with Gasteiger partial charge >= 0.3 is 0 Å². The van der Waals surface area contributed by atoms with Crippen molar-refractivity contribution in [1.82, 2.24) is 9.80 Å². The molecule has 2 heterocycles. The van der Waals surface area contributed by atoms with Gasteiger partial charge in [0.05, 0.1) is 34.3 Å². The van der Waals surface area contributed by atoms with Crippen LogP contribution in [-0.4, -0.2) is 45.5 Å². The molecule has 0 saturated heterocycles. The molecule has 0 bridgehead atoms. The number of imide groups is 2. The number of carbonyl (C=O) groups is 4. The Labute approximate surface area is 154 Å². The van der Waals surface area contributed by atoms with E-state index in [1.165, 1.54) is 9.80 Å². The third-order valence-corrected chi connectivity index (χ3v) is 5.35. The van der Waals surface area contributed by atoms with Crippen LogP contribution in [0.1, 0.15) is 47.9 Å². The summed E-state index contributed by atoms with van der Waals surface area (Å²) in [5.41, 5.74) is 1.56. The van der Waals surface area contributed by atoms with Gasteiger partial charge in [-0.25, -0.2) is 0 Å². The number of amides is 4. The molecule has 2 atom stereocenters. The Hall–Kier alpha value is -3.54. The molecule has 0 aromatic heterocycles. The molecule has 6 nitrogen and oxygen atoms in total. The Morgan fingerprint density at radius 2 is 0.852 bits per heavy atom. The maximum Gasteiger partial charge on any atom is 0.262 e. The zero-order valence-electron chi connectivity index (χ0n) is 14.2. The Bertz CT molecular complexity index is 918. The van der Waals surface area contributed by atoms with Crippen LogP contribution in [0.3, 0.4) is 0 Å². The van der Waals surface area contributed by atoms with E-state index in [1.54, 1.807) is 60.7 Å². The summed E-state index contributed by atoms with van der Waals surface area (Å²) in [5, 5.41) is 0. The van der Waals surface area contributed by atoms with E-state index in [4.69, 9.17) is 0 Å². The first-order valence-corrected chi connectivity index (χ1v) is 8.70. The number of carbonyl (C=O) groups excluding carboxylic acids is 4. The molecule has 0 N–H and O–H groups in total. The second-order valence-electron chi connectivity index (χ2n) is 6.81. The van der Waals surface area contributed by atoms with Crippen LogP contribution in [0.2, 0.25) is 0 Å². The molecular weight excluding hydrogens is 344 g/mol. The lowest BCUT2D eigenvalue weighted by molar-refractivity contribution is 0.0573. The molecule has 0 unspecified atom stereocenters. The Balaban J connectivity index is 1.40. The largest absolute Gasteiger partial charge is 0.269 e. The van der Waals surface area contributed by atoms with Crippen molar-refractivity contribution in [1.29, 1.82) is 0 Å². The Morgan fingerprint density at radius 3 is 1.15 bits per heavy atom. The monoisotopic (exact) mass is 358 g/mol. The van der Waals surface area contributed by atoms with Crippen molar-refractivity contribution in [2.75, 3.05) is 0 Å². The van der Waals surface area contributed by atoms with E-state index in [0.29, 0.717) is 28.7 Å². The summed E-state index contributed by atoms with van der Waals surface area (Å²) in [7, 11) is 0. The van der Waals surface area contributed by atoms with Gasteiger partial charge in [0, 0.05) is 0 Å². The highest BCUT2D eigenvalue weighted by molar-refractivity contribution is 6.22. The van der Waals surface area contributed by atoms with E-state index in [9.17, 15) is 19.2 Å². The van der Waals surface area contributed by atoms with Gasteiger partial charge in [-0.05, 0) is 30.7 Å². The summed E-state index contributed by atoms with van der Waals surface area (Å²) < 4.78 is 0. The lowest BCUT2D eigenvalue weighted by Crippen LogP contribution is -2.42. The average Bonchev–Trinajstić information content (AvgIpc) is 3.32. The van der Waals surface area contributed by atoms with Gasteiger partial charge in [-0.15, -0.1) is 0 Å². The molecule has 2 aliphatic heterocycles. The van der Waals surface area contributed by atoms with Crippen LogP contribution >= 0.6 is 0 Å². The lowest BCUT2D eigenvalue weighted by Gasteiger charge is -2.25. The van der Waals surface area contributed by atoms with Crippen LogP contribution in [0.4, 0.5) is 0 Å². The molecule has 0 radical (unpaired) electrons. The van der Waals surface area contributed by atoms with Crippen molar-refractivity contribution in [2.45, 2.75) is 18.5 Å². The fourth-order valence-corrected chi connectivity index (χ4v) is 4.06. The smallest absolute Gasteiger partial charge is 0.262 e. The van der Waals surface area contributed by atoms with E-state index in [-0.39, 0.29) is 23.6 Å². The quantitative estimate of drug-likeness (QED) is 0.610. The molecular formula is C21H14N2O4. The number of nitrogens with zero attached hydrogens (tertiary/aromatic N) is 2. The summed E-state index contributed by atoms with van der Waals surface area (Å²) in [6, 6.07) is 12.5. The van der Waals surface area contributed by atoms with E-state index in [0.717, 1.165) is 0 Å². The minimum Gasteiger partial charge on any atom is -0.269 e. The number of benzene rings is 2. The van der Waals surface area contributed by atoms with E-state index >= 15 is 0 Å². The van der Waals surface area contributed by atoms with Crippen molar-refractivity contribution in [3.8, 4) is 0 Å². The number of hydrogen-bond donors (Lipinski definition) is 0.